The van der Waals surface area contributed by atoms with Crippen LogP contribution in [0.25, 0.3) is 0 Å². The van der Waals surface area contributed by atoms with Crippen LogP contribution in [0.3, 0.4) is 0 Å². The van der Waals surface area contributed by atoms with E-state index in [4.69, 9.17) is 13.8 Å². The van der Waals surface area contributed by atoms with Crippen LogP contribution in [0.15, 0.2) is 36.5 Å². The van der Waals surface area contributed by atoms with Gasteiger partial charge in [0.05, 0.1) is 13.2 Å². The number of carbonyl (C=O) groups is 2. The molecule has 0 aliphatic heterocycles. The molecule has 2 unspecified atom stereocenters. The van der Waals surface area contributed by atoms with Crippen molar-refractivity contribution >= 4 is 19.7 Å². The summed E-state index contributed by atoms with van der Waals surface area (Å²) in [5.74, 6) is -0.538. The summed E-state index contributed by atoms with van der Waals surface area (Å²) < 4.78 is 26.8. The van der Waals surface area contributed by atoms with Crippen molar-refractivity contribution in [2.45, 2.75) is 193 Å². The van der Waals surface area contributed by atoms with Gasteiger partial charge in [-0.05, 0) is 70.6 Å². The highest BCUT2D eigenvalue weighted by Gasteiger charge is 2.23. The summed E-state index contributed by atoms with van der Waals surface area (Å²) in [6.07, 6.45) is 42.1. The SMILES string of the molecule is CCCCCC/C=C\C/C=C\CCCCCCCC(=O)OCC(O)COP(=O)(O)OCCNC(=O)CCCCCCC/C=C\CCCCCCCC. The maximum absolute atomic E-state index is 12.1. The molecule has 0 spiro atoms. The molecule has 0 aromatic heterocycles. The van der Waals surface area contributed by atoms with Gasteiger partial charge in [-0.3, -0.25) is 18.6 Å². The van der Waals surface area contributed by atoms with Gasteiger partial charge in [-0.2, -0.15) is 0 Å². The van der Waals surface area contributed by atoms with Crippen molar-refractivity contribution in [1.29, 1.82) is 0 Å². The summed E-state index contributed by atoms with van der Waals surface area (Å²) >= 11 is 0. The van der Waals surface area contributed by atoms with Crippen molar-refractivity contribution in [3.05, 3.63) is 36.5 Å². The lowest BCUT2D eigenvalue weighted by atomic mass is 10.1. The monoisotopic (exact) mass is 756 g/mol. The van der Waals surface area contributed by atoms with E-state index in [1.807, 2.05) is 0 Å². The first-order valence-electron chi connectivity index (χ1n) is 21.0. The second-order valence-corrected chi connectivity index (χ2v) is 15.4. The number of rotatable bonds is 39. The zero-order valence-electron chi connectivity index (χ0n) is 33.3. The molecule has 0 aromatic rings. The first-order valence-corrected chi connectivity index (χ1v) is 22.5. The van der Waals surface area contributed by atoms with E-state index >= 15 is 0 Å². The van der Waals surface area contributed by atoms with E-state index in [-0.39, 0.29) is 32.1 Å². The fraction of sp³-hybridized carbons (Fsp3) is 0.810. The van der Waals surface area contributed by atoms with Crippen LogP contribution >= 0.6 is 7.82 Å². The minimum atomic E-state index is -4.42. The molecule has 0 radical (unpaired) electrons. The fourth-order valence-corrected chi connectivity index (χ4v) is 6.34. The second kappa shape index (κ2) is 38.9. The number of amides is 1. The van der Waals surface area contributed by atoms with Crippen molar-refractivity contribution in [1.82, 2.24) is 5.32 Å². The van der Waals surface area contributed by atoms with Gasteiger partial charge in [0, 0.05) is 19.4 Å². The van der Waals surface area contributed by atoms with Crippen molar-refractivity contribution < 1.29 is 37.9 Å². The lowest BCUT2D eigenvalue weighted by molar-refractivity contribution is -0.147. The molecule has 3 N–H and O–H groups in total. The smallest absolute Gasteiger partial charge is 0.463 e. The number of aliphatic hydroxyl groups is 1. The highest BCUT2D eigenvalue weighted by Crippen LogP contribution is 2.42. The number of ether oxygens (including phenoxy) is 1. The number of phosphoric acid groups is 1. The molecule has 0 bridgehead atoms. The van der Waals surface area contributed by atoms with Crippen LogP contribution in [-0.4, -0.2) is 54.3 Å². The van der Waals surface area contributed by atoms with Crippen LogP contribution in [-0.2, 0) is 27.9 Å². The van der Waals surface area contributed by atoms with Crippen LogP contribution < -0.4 is 5.32 Å². The van der Waals surface area contributed by atoms with Crippen LogP contribution in [0.5, 0.6) is 0 Å². The van der Waals surface area contributed by atoms with E-state index in [0.717, 1.165) is 77.0 Å². The third-order valence-corrected chi connectivity index (χ3v) is 9.78. The molecule has 304 valence electrons. The molecule has 9 nitrogen and oxygen atoms in total. The predicted molar refractivity (Wildman–Crippen MR) is 215 cm³/mol. The average molecular weight is 756 g/mol. The molecule has 0 saturated carbocycles. The Balaban J connectivity index is 3.64. The standard InChI is InChI=1S/C42H78NO8P/c1-3-5-7-9-11-13-15-17-19-21-23-25-27-29-31-33-35-42(46)49-38-40(44)39-51-52(47,48)50-37-36-43-41(45)34-32-30-28-26-24-22-20-18-16-14-12-10-8-6-4-2/h13,15,18-21,40,44H,3-12,14,16-17,22-39H2,1-2H3,(H,43,45)(H,47,48)/b15-13-,20-18-,21-19-. The lowest BCUT2D eigenvalue weighted by Gasteiger charge is -2.15. The molecule has 2 atom stereocenters. The molecule has 0 heterocycles. The van der Waals surface area contributed by atoms with Crippen LogP contribution in [0.4, 0.5) is 0 Å². The quantitative estimate of drug-likeness (QED) is 0.0244. The Hall–Kier alpha value is -1.77. The number of hydrogen-bond acceptors (Lipinski definition) is 7. The van der Waals surface area contributed by atoms with Gasteiger partial charge in [0.2, 0.25) is 5.91 Å². The Labute approximate surface area is 318 Å². The molecule has 0 aromatic carbocycles. The van der Waals surface area contributed by atoms with Crippen molar-refractivity contribution in [3.63, 3.8) is 0 Å². The van der Waals surface area contributed by atoms with Gasteiger partial charge in [-0.1, -0.05) is 140 Å². The maximum atomic E-state index is 12.1. The molecular formula is C42H78NO8P. The van der Waals surface area contributed by atoms with E-state index in [9.17, 15) is 24.2 Å². The Kier molecular flexibility index (Phi) is 37.6. The maximum Gasteiger partial charge on any atom is 0.472 e. The Morgan fingerprint density at radius 1 is 0.596 bits per heavy atom. The molecule has 0 aliphatic rings. The summed E-state index contributed by atoms with van der Waals surface area (Å²) in [7, 11) is -4.42. The van der Waals surface area contributed by atoms with E-state index in [2.05, 4.69) is 55.6 Å². The Morgan fingerprint density at radius 3 is 1.58 bits per heavy atom. The Morgan fingerprint density at radius 2 is 1.04 bits per heavy atom. The zero-order valence-corrected chi connectivity index (χ0v) is 34.1. The van der Waals surface area contributed by atoms with Crippen molar-refractivity contribution in [3.8, 4) is 0 Å². The number of esters is 1. The molecule has 0 rings (SSSR count). The Bertz CT molecular complexity index is 954. The average Bonchev–Trinajstić information content (AvgIpc) is 3.13. The number of hydrogen-bond donors (Lipinski definition) is 3. The number of phosphoric ester groups is 1. The molecule has 10 heteroatoms. The third kappa shape index (κ3) is 39.4. The number of aliphatic hydroxyl groups excluding tert-OH is 1. The molecule has 52 heavy (non-hydrogen) atoms. The fourth-order valence-electron chi connectivity index (χ4n) is 5.58. The molecule has 0 saturated heterocycles. The largest absolute Gasteiger partial charge is 0.472 e. The first kappa shape index (κ1) is 50.2. The lowest BCUT2D eigenvalue weighted by Crippen LogP contribution is -2.27. The van der Waals surface area contributed by atoms with E-state index < -0.39 is 26.5 Å². The second-order valence-electron chi connectivity index (χ2n) is 14.0. The minimum Gasteiger partial charge on any atom is -0.463 e. The normalized spacial score (nSPS) is 13.7. The molecule has 0 aliphatic carbocycles. The number of unbranched alkanes of at least 4 members (excludes halogenated alkanes) is 20. The summed E-state index contributed by atoms with van der Waals surface area (Å²) in [6, 6.07) is 0. The number of allylic oxidation sites excluding steroid dienone is 6. The van der Waals surface area contributed by atoms with Gasteiger partial charge < -0.3 is 20.1 Å². The van der Waals surface area contributed by atoms with Gasteiger partial charge in [0.1, 0.15) is 12.7 Å². The van der Waals surface area contributed by atoms with E-state index in [0.29, 0.717) is 6.42 Å². The van der Waals surface area contributed by atoms with Crippen LogP contribution in [0.1, 0.15) is 187 Å². The van der Waals surface area contributed by atoms with Gasteiger partial charge in [-0.25, -0.2) is 4.57 Å². The van der Waals surface area contributed by atoms with Gasteiger partial charge in [-0.15, -0.1) is 0 Å². The minimum absolute atomic E-state index is 0.0756. The van der Waals surface area contributed by atoms with Crippen molar-refractivity contribution in [2.75, 3.05) is 26.4 Å². The van der Waals surface area contributed by atoms with Crippen molar-refractivity contribution in [2.24, 2.45) is 0 Å². The summed E-state index contributed by atoms with van der Waals surface area (Å²) in [5, 5.41) is 12.7. The topological polar surface area (TPSA) is 131 Å². The van der Waals surface area contributed by atoms with Crippen LogP contribution in [0, 0.1) is 0 Å². The van der Waals surface area contributed by atoms with E-state index in [1.54, 1.807) is 0 Å². The third-order valence-electron chi connectivity index (χ3n) is 8.79. The van der Waals surface area contributed by atoms with Gasteiger partial charge >= 0.3 is 13.8 Å². The molecule has 0 fully saturated rings. The summed E-state index contributed by atoms with van der Waals surface area (Å²) in [5.41, 5.74) is 0. The summed E-state index contributed by atoms with van der Waals surface area (Å²) in [6.45, 7) is 3.50. The summed E-state index contributed by atoms with van der Waals surface area (Å²) in [4.78, 5) is 33.8. The first-order chi connectivity index (χ1) is 25.3. The number of carbonyl (C=O) groups excluding carboxylic acids is 2. The molecular weight excluding hydrogens is 677 g/mol. The van der Waals surface area contributed by atoms with Gasteiger partial charge in [0.15, 0.2) is 0 Å². The van der Waals surface area contributed by atoms with E-state index in [1.165, 1.54) is 83.5 Å². The van der Waals surface area contributed by atoms with Gasteiger partial charge in [0.25, 0.3) is 0 Å². The van der Waals surface area contributed by atoms with Crippen LogP contribution in [0.2, 0.25) is 0 Å². The predicted octanol–water partition coefficient (Wildman–Crippen LogP) is 11.4. The highest BCUT2D eigenvalue weighted by atomic mass is 31.2. The highest BCUT2D eigenvalue weighted by molar-refractivity contribution is 7.47. The number of nitrogens with one attached hydrogen (secondary N) is 1. The zero-order chi connectivity index (χ0) is 38.2. The molecule has 1 amide bonds.